The summed E-state index contributed by atoms with van der Waals surface area (Å²) in [5, 5.41) is 30.0. The monoisotopic (exact) mass is 315 g/mol. The summed E-state index contributed by atoms with van der Waals surface area (Å²) in [6.45, 7) is 1.65. The molecule has 0 fully saturated rings. The predicted molar refractivity (Wildman–Crippen MR) is 85.2 cm³/mol. The molecule has 0 amide bonds. The summed E-state index contributed by atoms with van der Waals surface area (Å²) in [5.74, 6) is -1.63. The Kier molecular flexibility index (Phi) is 5.08. The minimum atomic E-state index is -1.11. The van der Waals surface area contributed by atoms with Gasteiger partial charge in [0, 0.05) is 12.0 Å². The number of carboxylic acids is 1. The molecular formula is C17H17NO5. The lowest BCUT2D eigenvalue weighted by molar-refractivity contribution is -0.384. The van der Waals surface area contributed by atoms with Gasteiger partial charge < -0.3 is 10.2 Å². The molecule has 6 nitrogen and oxygen atoms in total. The molecule has 0 aliphatic rings. The van der Waals surface area contributed by atoms with Gasteiger partial charge in [-0.2, -0.15) is 0 Å². The van der Waals surface area contributed by atoms with E-state index in [9.17, 15) is 20.0 Å². The van der Waals surface area contributed by atoms with Gasteiger partial charge in [0.2, 0.25) is 0 Å². The molecule has 0 heterocycles. The molecule has 0 aliphatic heterocycles. The van der Waals surface area contributed by atoms with Crippen LogP contribution in [0, 0.1) is 10.1 Å². The first-order valence-corrected chi connectivity index (χ1v) is 7.13. The van der Waals surface area contributed by atoms with Crippen molar-refractivity contribution < 1.29 is 19.9 Å². The maximum absolute atomic E-state index is 11.4. The molecule has 2 aromatic carbocycles. The topological polar surface area (TPSA) is 101 Å². The van der Waals surface area contributed by atoms with Crippen LogP contribution in [0.3, 0.4) is 0 Å². The van der Waals surface area contributed by atoms with Crippen LogP contribution >= 0.6 is 0 Å². The second kappa shape index (κ2) is 7.02. The lowest BCUT2D eigenvalue weighted by atomic mass is 9.91. The average Bonchev–Trinajstić information content (AvgIpc) is 2.53. The SMILES string of the molecule is CC(c1ccc(-c2ccccc2)c([N+](=O)[O-])c1)C(O)CC(=O)O. The van der Waals surface area contributed by atoms with Crippen molar-refractivity contribution >= 4 is 11.7 Å². The molecule has 0 spiro atoms. The van der Waals surface area contributed by atoms with Gasteiger partial charge in [-0.25, -0.2) is 0 Å². The van der Waals surface area contributed by atoms with Crippen LogP contribution in [0.1, 0.15) is 24.8 Å². The second-order valence-corrected chi connectivity index (χ2v) is 5.35. The molecule has 0 saturated heterocycles. The molecular weight excluding hydrogens is 298 g/mol. The van der Waals surface area contributed by atoms with E-state index >= 15 is 0 Å². The van der Waals surface area contributed by atoms with Crippen molar-refractivity contribution in [2.45, 2.75) is 25.4 Å². The fraction of sp³-hybridized carbons (Fsp3) is 0.235. The first-order valence-electron chi connectivity index (χ1n) is 7.13. The van der Waals surface area contributed by atoms with E-state index in [0.29, 0.717) is 11.1 Å². The van der Waals surface area contributed by atoms with E-state index in [2.05, 4.69) is 0 Å². The Bertz CT molecular complexity index is 714. The molecule has 0 aromatic heterocycles. The quantitative estimate of drug-likeness (QED) is 0.629. The Morgan fingerprint density at radius 1 is 1.22 bits per heavy atom. The maximum Gasteiger partial charge on any atom is 0.305 e. The van der Waals surface area contributed by atoms with Gasteiger partial charge >= 0.3 is 5.97 Å². The summed E-state index contributed by atoms with van der Waals surface area (Å²) in [6, 6.07) is 13.7. The third-order valence-electron chi connectivity index (χ3n) is 3.79. The van der Waals surface area contributed by atoms with E-state index in [4.69, 9.17) is 5.11 Å². The number of aliphatic hydroxyl groups excluding tert-OH is 1. The van der Waals surface area contributed by atoms with E-state index in [1.807, 2.05) is 6.07 Å². The number of hydrogen-bond donors (Lipinski definition) is 2. The van der Waals surface area contributed by atoms with Crippen LogP contribution in [-0.4, -0.2) is 27.2 Å². The van der Waals surface area contributed by atoms with Crippen LogP contribution in [0.4, 0.5) is 5.69 Å². The van der Waals surface area contributed by atoms with Crippen LogP contribution in [0.25, 0.3) is 11.1 Å². The predicted octanol–water partition coefficient (Wildman–Crippen LogP) is 3.20. The van der Waals surface area contributed by atoms with E-state index in [1.54, 1.807) is 43.3 Å². The minimum absolute atomic E-state index is 0.0666. The highest BCUT2D eigenvalue weighted by atomic mass is 16.6. The molecule has 0 aliphatic carbocycles. The number of benzene rings is 2. The van der Waals surface area contributed by atoms with Gasteiger partial charge in [0.1, 0.15) is 0 Å². The van der Waals surface area contributed by atoms with E-state index in [-0.39, 0.29) is 5.69 Å². The van der Waals surface area contributed by atoms with Crippen molar-refractivity contribution in [2.24, 2.45) is 0 Å². The molecule has 2 rings (SSSR count). The number of aliphatic carboxylic acids is 1. The van der Waals surface area contributed by atoms with Gasteiger partial charge in [0.25, 0.3) is 5.69 Å². The fourth-order valence-electron chi connectivity index (χ4n) is 2.42. The third-order valence-corrected chi connectivity index (χ3v) is 3.79. The number of nitrogens with zero attached hydrogens (tertiary/aromatic N) is 1. The first kappa shape index (κ1) is 16.6. The first-order chi connectivity index (χ1) is 10.9. The second-order valence-electron chi connectivity index (χ2n) is 5.35. The number of carbonyl (C=O) groups is 1. The largest absolute Gasteiger partial charge is 0.481 e. The highest BCUT2D eigenvalue weighted by Crippen LogP contribution is 2.33. The van der Waals surface area contributed by atoms with Crippen molar-refractivity contribution in [3.8, 4) is 11.1 Å². The number of rotatable bonds is 6. The van der Waals surface area contributed by atoms with Crippen LogP contribution in [-0.2, 0) is 4.79 Å². The number of hydrogen-bond acceptors (Lipinski definition) is 4. The van der Waals surface area contributed by atoms with Crippen molar-refractivity contribution in [1.29, 1.82) is 0 Å². The highest BCUT2D eigenvalue weighted by Gasteiger charge is 2.23. The summed E-state index contributed by atoms with van der Waals surface area (Å²) in [5.41, 5.74) is 1.68. The smallest absolute Gasteiger partial charge is 0.305 e. The number of nitro benzene ring substituents is 1. The van der Waals surface area contributed by atoms with Gasteiger partial charge in [-0.3, -0.25) is 14.9 Å². The molecule has 2 atom stereocenters. The Morgan fingerprint density at radius 2 is 1.87 bits per heavy atom. The summed E-state index contributed by atoms with van der Waals surface area (Å²) >= 11 is 0. The molecule has 2 N–H and O–H groups in total. The minimum Gasteiger partial charge on any atom is -0.481 e. The molecule has 0 radical (unpaired) electrons. The van der Waals surface area contributed by atoms with Crippen molar-refractivity contribution in [3.05, 3.63) is 64.2 Å². The lowest BCUT2D eigenvalue weighted by Gasteiger charge is -2.18. The summed E-state index contributed by atoms with van der Waals surface area (Å²) in [6.07, 6.45) is -1.51. The van der Waals surface area contributed by atoms with Gasteiger partial charge in [0.05, 0.1) is 23.0 Å². The van der Waals surface area contributed by atoms with Gasteiger partial charge in [-0.1, -0.05) is 43.3 Å². The van der Waals surface area contributed by atoms with Crippen LogP contribution in [0.15, 0.2) is 48.5 Å². The van der Waals surface area contributed by atoms with Gasteiger partial charge in [0.15, 0.2) is 0 Å². The molecule has 120 valence electrons. The molecule has 2 aromatic rings. The average molecular weight is 315 g/mol. The van der Waals surface area contributed by atoms with Crippen LogP contribution in [0.2, 0.25) is 0 Å². The van der Waals surface area contributed by atoms with Crippen LogP contribution in [0.5, 0.6) is 0 Å². The number of aliphatic hydroxyl groups is 1. The van der Waals surface area contributed by atoms with E-state index in [1.165, 1.54) is 6.07 Å². The summed E-state index contributed by atoms with van der Waals surface area (Å²) in [4.78, 5) is 21.6. The highest BCUT2D eigenvalue weighted by molar-refractivity contribution is 5.74. The maximum atomic E-state index is 11.4. The third kappa shape index (κ3) is 3.92. The summed E-state index contributed by atoms with van der Waals surface area (Å²) in [7, 11) is 0. The molecule has 0 saturated carbocycles. The summed E-state index contributed by atoms with van der Waals surface area (Å²) < 4.78 is 0. The van der Waals surface area contributed by atoms with E-state index < -0.39 is 29.3 Å². The molecule has 0 bridgehead atoms. The molecule has 6 heteroatoms. The van der Waals surface area contributed by atoms with Crippen molar-refractivity contribution in [1.82, 2.24) is 0 Å². The number of nitro groups is 1. The van der Waals surface area contributed by atoms with Crippen molar-refractivity contribution in [3.63, 3.8) is 0 Å². The van der Waals surface area contributed by atoms with Crippen LogP contribution < -0.4 is 0 Å². The van der Waals surface area contributed by atoms with E-state index in [0.717, 1.165) is 5.56 Å². The fourth-order valence-corrected chi connectivity index (χ4v) is 2.42. The Labute approximate surface area is 133 Å². The molecule has 23 heavy (non-hydrogen) atoms. The Hall–Kier alpha value is -2.73. The standard InChI is InChI=1S/C17H17NO5/c1-11(16(19)10-17(20)21)13-7-8-14(15(9-13)18(22)23)12-5-3-2-4-6-12/h2-9,11,16,19H,10H2,1H3,(H,20,21). The number of carboxylic acid groups (broad SMARTS) is 1. The van der Waals surface area contributed by atoms with Gasteiger partial charge in [-0.15, -0.1) is 0 Å². The van der Waals surface area contributed by atoms with Gasteiger partial charge in [-0.05, 0) is 17.2 Å². The molecule has 2 unspecified atom stereocenters. The Morgan fingerprint density at radius 3 is 2.43 bits per heavy atom. The zero-order chi connectivity index (χ0) is 17.0. The zero-order valence-corrected chi connectivity index (χ0v) is 12.5. The van der Waals surface area contributed by atoms with Crippen molar-refractivity contribution in [2.75, 3.05) is 0 Å². The zero-order valence-electron chi connectivity index (χ0n) is 12.5. The lowest BCUT2D eigenvalue weighted by Crippen LogP contribution is -2.20. The Balaban J connectivity index is 2.40. The normalized spacial score (nSPS) is 13.3.